The molecule has 5 heteroatoms. The Morgan fingerprint density at radius 1 is 1.17 bits per heavy atom. The third-order valence-electron chi connectivity index (χ3n) is 3.78. The van der Waals surface area contributed by atoms with Gasteiger partial charge in [-0.3, -0.25) is 4.79 Å². The topological polar surface area (TPSA) is 47.6 Å². The molecule has 2 atom stereocenters. The number of amides is 1. The summed E-state index contributed by atoms with van der Waals surface area (Å²) >= 11 is 6.00. The van der Waals surface area contributed by atoms with E-state index in [2.05, 4.69) is 5.32 Å². The zero-order chi connectivity index (χ0) is 17.7. The minimum atomic E-state index is -0.622. The average molecular weight is 348 g/mol. The number of benzene rings is 2. The van der Waals surface area contributed by atoms with Crippen LogP contribution in [0.15, 0.2) is 42.5 Å². The fraction of sp³-hybridized carbons (Fsp3) is 0.316. The lowest BCUT2D eigenvalue weighted by atomic mass is 10.1. The lowest BCUT2D eigenvalue weighted by molar-refractivity contribution is -0.127. The van der Waals surface area contributed by atoms with E-state index < -0.39 is 6.10 Å². The third kappa shape index (κ3) is 4.42. The first-order chi connectivity index (χ1) is 11.4. The van der Waals surface area contributed by atoms with Gasteiger partial charge in [-0.05, 0) is 50.6 Å². The van der Waals surface area contributed by atoms with E-state index in [0.717, 1.165) is 16.9 Å². The predicted octanol–water partition coefficient (Wildman–Crippen LogP) is 4.30. The second-order valence-electron chi connectivity index (χ2n) is 5.64. The van der Waals surface area contributed by atoms with Crippen LogP contribution in [0.2, 0.25) is 5.02 Å². The zero-order valence-electron chi connectivity index (χ0n) is 14.3. The van der Waals surface area contributed by atoms with E-state index in [1.807, 2.05) is 44.2 Å². The molecule has 2 aromatic rings. The highest BCUT2D eigenvalue weighted by atomic mass is 35.5. The number of ether oxygens (including phenoxy) is 2. The molecule has 0 heterocycles. The summed E-state index contributed by atoms with van der Waals surface area (Å²) in [6, 6.07) is 12.7. The first kappa shape index (κ1) is 18.1. The van der Waals surface area contributed by atoms with Gasteiger partial charge in [0.15, 0.2) is 6.10 Å². The second-order valence-corrected chi connectivity index (χ2v) is 6.05. The maximum Gasteiger partial charge on any atom is 0.261 e. The van der Waals surface area contributed by atoms with E-state index in [-0.39, 0.29) is 11.9 Å². The minimum Gasteiger partial charge on any atom is -0.496 e. The zero-order valence-corrected chi connectivity index (χ0v) is 15.1. The van der Waals surface area contributed by atoms with Gasteiger partial charge in [0.2, 0.25) is 0 Å². The SMILES string of the molecule is COc1ccccc1[C@H](C)NC(=O)[C@@H](C)Oc1ccc(Cl)c(C)c1. The predicted molar refractivity (Wildman–Crippen MR) is 95.8 cm³/mol. The maximum atomic E-state index is 12.4. The number of aryl methyl sites for hydroxylation is 1. The monoisotopic (exact) mass is 347 g/mol. The number of halogens is 1. The Hall–Kier alpha value is -2.20. The average Bonchev–Trinajstić information content (AvgIpc) is 2.57. The summed E-state index contributed by atoms with van der Waals surface area (Å²) in [4.78, 5) is 12.4. The highest BCUT2D eigenvalue weighted by Crippen LogP contribution is 2.25. The summed E-state index contributed by atoms with van der Waals surface area (Å²) in [6.07, 6.45) is -0.622. The van der Waals surface area contributed by atoms with Crippen molar-refractivity contribution in [3.63, 3.8) is 0 Å². The Kier molecular flexibility index (Phi) is 6.10. The highest BCUT2D eigenvalue weighted by Gasteiger charge is 2.19. The Morgan fingerprint density at radius 3 is 2.54 bits per heavy atom. The number of carbonyl (C=O) groups excluding carboxylic acids is 1. The summed E-state index contributed by atoms with van der Waals surface area (Å²) in [5.41, 5.74) is 1.83. The van der Waals surface area contributed by atoms with Crippen molar-refractivity contribution in [1.29, 1.82) is 0 Å². The smallest absolute Gasteiger partial charge is 0.261 e. The fourth-order valence-corrected chi connectivity index (χ4v) is 2.50. The van der Waals surface area contributed by atoms with Crippen LogP contribution in [0.5, 0.6) is 11.5 Å². The van der Waals surface area contributed by atoms with Crippen LogP contribution >= 0.6 is 11.6 Å². The Bertz CT molecular complexity index is 718. The molecule has 0 saturated heterocycles. The van der Waals surface area contributed by atoms with Gasteiger partial charge in [-0.1, -0.05) is 29.8 Å². The van der Waals surface area contributed by atoms with Crippen LogP contribution in [0.25, 0.3) is 0 Å². The van der Waals surface area contributed by atoms with Gasteiger partial charge in [-0.25, -0.2) is 0 Å². The maximum absolute atomic E-state index is 12.4. The van der Waals surface area contributed by atoms with Crippen LogP contribution in [0.4, 0.5) is 0 Å². The lowest BCUT2D eigenvalue weighted by Crippen LogP contribution is -2.37. The molecule has 128 valence electrons. The lowest BCUT2D eigenvalue weighted by Gasteiger charge is -2.20. The van der Waals surface area contributed by atoms with Crippen LogP contribution in [-0.2, 0) is 4.79 Å². The molecule has 0 aliphatic heterocycles. The number of nitrogens with one attached hydrogen (secondary N) is 1. The van der Waals surface area contributed by atoms with Crippen molar-refractivity contribution in [3.05, 3.63) is 58.6 Å². The van der Waals surface area contributed by atoms with Crippen molar-refractivity contribution < 1.29 is 14.3 Å². The van der Waals surface area contributed by atoms with Crippen molar-refractivity contribution in [2.75, 3.05) is 7.11 Å². The number of carbonyl (C=O) groups is 1. The van der Waals surface area contributed by atoms with E-state index in [4.69, 9.17) is 21.1 Å². The van der Waals surface area contributed by atoms with Gasteiger partial charge in [0.05, 0.1) is 13.2 Å². The molecule has 0 unspecified atom stereocenters. The van der Waals surface area contributed by atoms with Crippen molar-refractivity contribution in [1.82, 2.24) is 5.32 Å². The first-order valence-electron chi connectivity index (χ1n) is 7.78. The minimum absolute atomic E-state index is 0.188. The molecule has 1 amide bonds. The van der Waals surface area contributed by atoms with E-state index in [1.54, 1.807) is 26.2 Å². The van der Waals surface area contributed by atoms with E-state index in [0.29, 0.717) is 10.8 Å². The van der Waals surface area contributed by atoms with Gasteiger partial charge in [-0.15, -0.1) is 0 Å². The van der Waals surface area contributed by atoms with Gasteiger partial charge < -0.3 is 14.8 Å². The molecule has 2 rings (SSSR count). The Labute approximate surface area is 147 Å². The number of hydrogen-bond acceptors (Lipinski definition) is 3. The van der Waals surface area contributed by atoms with E-state index in [1.165, 1.54) is 0 Å². The normalized spacial score (nSPS) is 13.0. The summed E-state index contributed by atoms with van der Waals surface area (Å²) in [5, 5.41) is 3.62. The second kappa shape index (κ2) is 8.06. The third-order valence-corrected chi connectivity index (χ3v) is 4.20. The summed E-state index contributed by atoms with van der Waals surface area (Å²) in [5.74, 6) is 1.16. The standard InChI is InChI=1S/C19H22ClNO3/c1-12-11-15(9-10-17(12)20)24-14(3)19(22)21-13(2)16-7-5-6-8-18(16)23-4/h5-11,13-14H,1-4H3,(H,21,22)/t13-,14+/m0/s1. The molecule has 2 aromatic carbocycles. The van der Waals surface area contributed by atoms with Gasteiger partial charge >= 0.3 is 0 Å². The van der Waals surface area contributed by atoms with Crippen LogP contribution in [-0.4, -0.2) is 19.1 Å². The molecule has 0 aliphatic rings. The number of para-hydroxylation sites is 1. The molecular formula is C19H22ClNO3. The summed E-state index contributed by atoms with van der Waals surface area (Å²) in [7, 11) is 1.61. The molecule has 0 aromatic heterocycles. The number of hydrogen-bond donors (Lipinski definition) is 1. The molecule has 0 radical (unpaired) electrons. The van der Waals surface area contributed by atoms with Crippen LogP contribution in [0.1, 0.15) is 31.0 Å². The number of methoxy groups -OCH3 is 1. The van der Waals surface area contributed by atoms with E-state index in [9.17, 15) is 4.79 Å². The largest absolute Gasteiger partial charge is 0.496 e. The van der Waals surface area contributed by atoms with Crippen molar-refractivity contribution in [3.8, 4) is 11.5 Å². The molecular weight excluding hydrogens is 326 g/mol. The fourth-order valence-electron chi connectivity index (χ4n) is 2.38. The Morgan fingerprint density at radius 2 is 1.88 bits per heavy atom. The van der Waals surface area contributed by atoms with Gasteiger partial charge in [-0.2, -0.15) is 0 Å². The van der Waals surface area contributed by atoms with Crippen LogP contribution < -0.4 is 14.8 Å². The molecule has 0 saturated carbocycles. The number of rotatable bonds is 6. The molecule has 1 N–H and O–H groups in total. The summed E-state index contributed by atoms with van der Waals surface area (Å²) in [6.45, 7) is 5.52. The van der Waals surface area contributed by atoms with Gasteiger partial charge in [0.25, 0.3) is 5.91 Å². The van der Waals surface area contributed by atoms with Gasteiger partial charge in [0, 0.05) is 10.6 Å². The molecule has 4 nitrogen and oxygen atoms in total. The highest BCUT2D eigenvalue weighted by molar-refractivity contribution is 6.31. The molecule has 24 heavy (non-hydrogen) atoms. The van der Waals surface area contributed by atoms with Gasteiger partial charge in [0.1, 0.15) is 11.5 Å². The first-order valence-corrected chi connectivity index (χ1v) is 8.16. The van der Waals surface area contributed by atoms with Crippen LogP contribution in [0.3, 0.4) is 0 Å². The quantitative estimate of drug-likeness (QED) is 0.847. The Balaban J connectivity index is 2.01. The molecule has 0 aliphatic carbocycles. The van der Waals surface area contributed by atoms with Crippen molar-refractivity contribution >= 4 is 17.5 Å². The van der Waals surface area contributed by atoms with Crippen molar-refractivity contribution in [2.45, 2.75) is 32.9 Å². The van der Waals surface area contributed by atoms with Crippen molar-refractivity contribution in [2.24, 2.45) is 0 Å². The van der Waals surface area contributed by atoms with Crippen LogP contribution in [0, 0.1) is 6.92 Å². The molecule has 0 bridgehead atoms. The molecule has 0 spiro atoms. The van der Waals surface area contributed by atoms with E-state index >= 15 is 0 Å². The molecule has 0 fully saturated rings. The summed E-state index contributed by atoms with van der Waals surface area (Å²) < 4.78 is 11.0.